The van der Waals surface area contributed by atoms with Crippen molar-refractivity contribution >= 4 is 0 Å². The van der Waals surface area contributed by atoms with Gasteiger partial charge in [0.25, 0.3) is 0 Å². The third-order valence-corrected chi connectivity index (χ3v) is 3.68. The molecule has 3 heteroatoms. The highest BCUT2D eigenvalue weighted by Gasteiger charge is 2.25. The highest BCUT2D eigenvalue weighted by molar-refractivity contribution is 5.09. The fourth-order valence-electron chi connectivity index (χ4n) is 2.69. The lowest BCUT2D eigenvalue weighted by Gasteiger charge is -2.17. The van der Waals surface area contributed by atoms with E-state index < -0.39 is 0 Å². The summed E-state index contributed by atoms with van der Waals surface area (Å²) in [6.07, 6.45) is 7.97. The molecule has 0 aliphatic heterocycles. The molecule has 1 aliphatic carbocycles. The first-order chi connectivity index (χ1) is 7.79. The maximum Gasteiger partial charge on any atom is 0.0462 e. The van der Waals surface area contributed by atoms with Crippen molar-refractivity contribution in [2.24, 2.45) is 18.9 Å². The monoisotopic (exact) mass is 222 g/mol. The molecule has 1 saturated carbocycles. The Morgan fingerprint density at radius 2 is 2.25 bits per heavy atom. The number of aliphatic hydroxyl groups is 1. The average molecular weight is 222 g/mol. The standard InChI is InChI=1S/C13H22N2O/c1-15-6-5-11(9-15)7-14-8-12-3-2-4-13(12)10-16/h5-6,9,12-14,16H,2-4,7-8,10H2,1H3. The molecule has 0 aromatic carbocycles. The van der Waals surface area contributed by atoms with E-state index in [9.17, 15) is 5.11 Å². The van der Waals surface area contributed by atoms with Gasteiger partial charge in [-0.2, -0.15) is 0 Å². The van der Waals surface area contributed by atoms with E-state index in [-0.39, 0.29) is 0 Å². The highest BCUT2D eigenvalue weighted by atomic mass is 16.3. The fraction of sp³-hybridized carbons (Fsp3) is 0.692. The van der Waals surface area contributed by atoms with Gasteiger partial charge in [0.15, 0.2) is 0 Å². The number of aromatic nitrogens is 1. The van der Waals surface area contributed by atoms with Crippen molar-refractivity contribution in [2.75, 3.05) is 13.2 Å². The molecule has 0 bridgehead atoms. The second-order valence-corrected chi connectivity index (χ2v) is 4.95. The summed E-state index contributed by atoms with van der Waals surface area (Å²) in [5.74, 6) is 1.21. The molecule has 90 valence electrons. The van der Waals surface area contributed by atoms with Crippen LogP contribution in [0.1, 0.15) is 24.8 Å². The molecule has 0 spiro atoms. The van der Waals surface area contributed by atoms with Gasteiger partial charge in [0.05, 0.1) is 0 Å². The Balaban J connectivity index is 1.71. The van der Waals surface area contributed by atoms with E-state index in [4.69, 9.17) is 0 Å². The molecule has 0 radical (unpaired) electrons. The van der Waals surface area contributed by atoms with E-state index in [1.54, 1.807) is 0 Å². The number of nitrogens with zero attached hydrogens (tertiary/aromatic N) is 1. The Morgan fingerprint density at radius 1 is 1.44 bits per heavy atom. The lowest BCUT2D eigenvalue weighted by atomic mass is 9.97. The summed E-state index contributed by atoms with van der Waals surface area (Å²) in [5.41, 5.74) is 1.33. The fourth-order valence-corrected chi connectivity index (χ4v) is 2.69. The number of hydrogen-bond acceptors (Lipinski definition) is 2. The van der Waals surface area contributed by atoms with Crippen LogP contribution in [-0.4, -0.2) is 22.8 Å². The second-order valence-electron chi connectivity index (χ2n) is 4.95. The average Bonchev–Trinajstić information content (AvgIpc) is 2.87. The van der Waals surface area contributed by atoms with Crippen LogP contribution in [0.4, 0.5) is 0 Å². The van der Waals surface area contributed by atoms with Crippen molar-refractivity contribution in [3.05, 3.63) is 24.0 Å². The van der Waals surface area contributed by atoms with Gasteiger partial charge in [0.1, 0.15) is 0 Å². The molecule has 1 aromatic rings. The Labute approximate surface area is 97.5 Å². The van der Waals surface area contributed by atoms with Crippen LogP contribution in [0.2, 0.25) is 0 Å². The number of rotatable bonds is 5. The molecule has 2 N–H and O–H groups in total. The molecule has 2 unspecified atom stereocenters. The first kappa shape index (κ1) is 11.7. The van der Waals surface area contributed by atoms with Gasteiger partial charge in [0, 0.05) is 32.6 Å². The zero-order valence-corrected chi connectivity index (χ0v) is 10.0. The summed E-state index contributed by atoms with van der Waals surface area (Å²) in [6, 6.07) is 2.14. The predicted octanol–water partition coefficient (Wildman–Crippen LogP) is 1.52. The number of nitrogens with one attached hydrogen (secondary N) is 1. The summed E-state index contributed by atoms with van der Waals surface area (Å²) >= 11 is 0. The lowest BCUT2D eigenvalue weighted by Crippen LogP contribution is -2.26. The quantitative estimate of drug-likeness (QED) is 0.792. The minimum absolute atomic E-state index is 0.359. The predicted molar refractivity (Wildman–Crippen MR) is 65.0 cm³/mol. The molecule has 1 aliphatic rings. The third-order valence-electron chi connectivity index (χ3n) is 3.68. The van der Waals surface area contributed by atoms with Crippen molar-refractivity contribution in [3.63, 3.8) is 0 Å². The smallest absolute Gasteiger partial charge is 0.0462 e. The lowest BCUT2D eigenvalue weighted by molar-refractivity contribution is 0.192. The Hall–Kier alpha value is -0.800. The van der Waals surface area contributed by atoms with Crippen molar-refractivity contribution < 1.29 is 5.11 Å². The van der Waals surface area contributed by atoms with Crippen LogP contribution in [0.5, 0.6) is 0 Å². The van der Waals surface area contributed by atoms with Gasteiger partial charge in [-0.25, -0.2) is 0 Å². The molecule has 2 atom stereocenters. The van der Waals surface area contributed by atoms with E-state index in [0.717, 1.165) is 13.1 Å². The summed E-state index contributed by atoms with van der Waals surface area (Å²) in [7, 11) is 2.04. The first-order valence-corrected chi connectivity index (χ1v) is 6.22. The van der Waals surface area contributed by atoms with Gasteiger partial charge in [-0.05, 0) is 42.9 Å². The minimum Gasteiger partial charge on any atom is -0.396 e. The van der Waals surface area contributed by atoms with Crippen LogP contribution in [0, 0.1) is 11.8 Å². The van der Waals surface area contributed by atoms with Crippen LogP contribution in [0.15, 0.2) is 18.5 Å². The summed E-state index contributed by atoms with van der Waals surface area (Å²) in [4.78, 5) is 0. The minimum atomic E-state index is 0.359. The van der Waals surface area contributed by atoms with E-state index in [1.807, 2.05) is 7.05 Å². The molecule has 0 saturated heterocycles. The zero-order valence-electron chi connectivity index (χ0n) is 10.0. The molecule has 16 heavy (non-hydrogen) atoms. The van der Waals surface area contributed by atoms with Gasteiger partial charge < -0.3 is 15.0 Å². The molecule has 1 fully saturated rings. The summed E-state index contributed by atoms with van der Waals surface area (Å²) in [6.45, 7) is 2.34. The van der Waals surface area contributed by atoms with Gasteiger partial charge in [-0.15, -0.1) is 0 Å². The highest BCUT2D eigenvalue weighted by Crippen LogP contribution is 2.30. The SMILES string of the molecule is Cn1ccc(CNCC2CCCC2CO)c1. The molecule has 2 rings (SSSR count). The van der Waals surface area contributed by atoms with Crippen molar-refractivity contribution in [3.8, 4) is 0 Å². The van der Waals surface area contributed by atoms with Crippen LogP contribution in [0.25, 0.3) is 0 Å². The number of aliphatic hydroxyl groups excluding tert-OH is 1. The normalized spacial score (nSPS) is 25.1. The van der Waals surface area contributed by atoms with E-state index >= 15 is 0 Å². The van der Waals surface area contributed by atoms with Crippen molar-refractivity contribution in [2.45, 2.75) is 25.8 Å². The van der Waals surface area contributed by atoms with Crippen LogP contribution in [0.3, 0.4) is 0 Å². The molecular weight excluding hydrogens is 200 g/mol. The Bertz CT molecular complexity index is 321. The molecule has 0 amide bonds. The van der Waals surface area contributed by atoms with E-state index in [1.165, 1.54) is 24.8 Å². The van der Waals surface area contributed by atoms with E-state index in [0.29, 0.717) is 18.4 Å². The van der Waals surface area contributed by atoms with Gasteiger partial charge in [-0.3, -0.25) is 0 Å². The molecule has 3 nitrogen and oxygen atoms in total. The molecule has 1 heterocycles. The van der Waals surface area contributed by atoms with Crippen molar-refractivity contribution in [1.29, 1.82) is 0 Å². The largest absolute Gasteiger partial charge is 0.396 e. The summed E-state index contributed by atoms with van der Waals surface area (Å²) in [5, 5.41) is 12.7. The van der Waals surface area contributed by atoms with Crippen LogP contribution >= 0.6 is 0 Å². The number of hydrogen-bond donors (Lipinski definition) is 2. The molecule has 1 aromatic heterocycles. The third kappa shape index (κ3) is 2.86. The van der Waals surface area contributed by atoms with Crippen LogP contribution < -0.4 is 5.32 Å². The summed E-state index contributed by atoms with van der Waals surface area (Å²) < 4.78 is 2.07. The first-order valence-electron chi connectivity index (χ1n) is 6.22. The van der Waals surface area contributed by atoms with Gasteiger partial charge in [-0.1, -0.05) is 6.42 Å². The Morgan fingerprint density at radius 3 is 2.94 bits per heavy atom. The maximum absolute atomic E-state index is 9.23. The Kier molecular flexibility index (Phi) is 4.02. The van der Waals surface area contributed by atoms with E-state index in [2.05, 4.69) is 28.3 Å². The van der Waals surface area contributed by atoms with Gasteiger partial charge in [0.2, 0.25) is 0 Å². The van der Waals surface area contributed by atoms with Gasteiger partial charge >= 0.3 is 0 Å². The maximum atomic E-state index is 9.23. The number of aryl methyl sites for hydroxylation is 1. The van der Waals surface area contributed by atoms with Crippen LogP contribution in [-0.2, 0) is 13.6 Å². The topological polar surface area (TPSA) is 37.2 Å². The zero-order chi connectivity index (χ0) is 11.4. The van der Waals surface area contributed by atoms with Crippen molar-refractivity contribution in [1.82, 2.24) is 9.88 Å². The second kappa shape index (κ2) is 5.51. The molecular formula is C13H22N2O.